The van der Waals surface area contributed by atoms with Crippen molar-refractivity contribution in [3.63, 3.8) is 0 Å². The highest BCUT2D eigenvalue weighted by atomic mass is 16.2. The summed E-state index contributed by atoms with van der Waals surface area (Å²) in [5, 5.41) is 2.90. The predicted molar refractivity (Wildman–Crippen MR) is 110 cm³/mol. The van der Waals surface area contributed by atoms with Crippen LogP contribution in [-0.4, -0.2) is 22.3 Å². The van der Waals surface area contributed by atoms with Gasteiger partial charge in [-0.25, -0.2) is 0 Å². The Balaban J connectivity index is 2.25. The van der Waals surface area contributed by atoms with Crippen molar-refractivity contribution in [1.29, 1.82) is 0 Å². The molecule has 0 unspecified atom stereocenters. The molecule has 0 radical (unpaired) electrons. The van der Waals surface area contributed by atoms with Crippen LogP contribution in [0.4, 0.5) is 0 Å². The Labute approximate surface area is 165 Å². The van der Waals surface area contributed by atoms with E-state index in [9.17, 15) is 14.4 Å². The fourth-order valence-corrected chi connectivity index (χ4v) is 3.67. The molecule has 5 heteroatoms. The van der Waals surface area contributed by atoms with Gasteiger partial charge in [0.05, 0.1) is 0 Å². The lowest BCUT2D eigenvalue weighted by Crippen LogP contribution is -2.41. The van der Waals surface area contributed by atoms with E-state index in [0.29, 0.717) is 29.7 Å². The minimum absolute atomic E-state index is 0.0234. The van der Waals surface area contributed by atoms with Gasteiger partial charge in [0.1, 0.15) is 5.56 Å². The summed E-state index contributed by atoms with van der Waals surface area (Å²) in [6, 6.07) is 7.42. The Kier molecular flexibility index (Phi) is 5.28. The molecule has 1 heterocycles. The molecule has 0 spiro atoms. The molecule has 0 saturated heterocycles. The van der Waals surface area contributed by atoms with Gasteiger partial charge in [0.2, 0.25) is 0 Å². The van der Waals surface area contributed by atoms with Crippen molar-refractivity contribution in [3.05, 3.63) is 63.1 Å². The number of ketones is 1. The molecular formula is C23H28N2O3. The lowest BCUT2D eigenvalue weighted by atomic mass is 9.73. The number of nitrogens with one attached hydrogen (secondary N) is 1. The number of pyridine rings is 1. The van der Waals surface area contributed by atoms with Gasteiger partial charge >= 0.3 is 0 Å². The second-order valence-electron chi connectivity index (χ2n) is 8.63. The van der Waals surface area contributed by atoms with E-state index < -0.39 is 5.91 Å². The molecule has 2 aromatic rings. The highest BCUT2D eigenvalue weighted by Crippen LogP contribution is 2.35. The molecule has 1 aromatic heterocycles. The quantitative estimate of drug-likeness (QED) is 0.876. The summed E-state index contributed by atoms with van der Waals surface area (Å²) in [5.41, 5.74) is 2.21. The second-order valence-corrected chi connectivity index (χ2v) is 8.63. The van der Waals surface area contributed by atoms with E-state index in [1.807, 2.05) is 58.9 Å². The van der Waals surface area contributed by atoms with Gasteiger partial charge in [-0.15, -0.1) is 0 Å². The van der Waals surface area contributed by atoms with E-state index in [2.05, 4.69) is 5.32 Å². The fourth-order valence-electron chi connectivity index (χ4n) is 3.67. The average molecular weight is 380 g/mol. The summed E-state index contributed by atoms with van der Waals surface area (Å²) < 4.78 is 1.43. The number of Topliss-reactive ketones (excluding diaryl/α,β-unsaturated/α-hetero) is 1. The summed E-state index contributed by atoms with van der Waals surface area (Å²) in [6.45, 7) is 9.84. The van der Waals surface area contributed by atoms with E-state index in [1.165, 1.54) is 4.57 Å². The minimum atomic E-state index is -0.400. The topological polar surface area (TPSA) is 68.2 Å². The van der Waals surface area contributed by atoms with Gasteiger partial charge in [-0.1, -0.05) is 38.5 Å². The van der Waals surface area contributed by atoms with Gasteiger partial charge < -0.3 is 5.32 Å². The van der Waals surface area contributed by atoms with Crippen LogP contribution in [0, 0.1) is 12.3 Å². The van der Waals surface area contributed by atoms with Crippen LogP contribution in [0.15, 0.2) is 35.3 Å². The van der Waals surface area contributed by atoms with Crippen molar-refractivity contribution in [2.45, 2.75) is 59.9 Å². The van der Waals surface area contributed by atoms with Crippen LogP contribution in [-0.2, 0) is 6.42 Å². The van der Waals surface area contributed by atoms with E-state index >= 15 is 0 Å². The van der Waals surface area contributed by atoms with Crippen molar-refractivity contribution in [2.24, 2.45) is 5.41 Å². The maximum absolute atomic E-state index is 13.3. The largest absolute Gasteiger partial charge is 0.349 e. The van der Waals surface area contributed by atoms with E-state index in [4.69, 9.17) is 0 Å². The van der Waals surface area contributed by atoms with Gasteiger partial charge in [0, 0.05) is 29.9 Å². The molecule has 28 heavy (non-hydrogen) atoms. The van der Waals surface area contributed by atoms with Crippen LogP contribution in [0.2, 0.25) is 0 Å². The molecule has 0 saturated carbocycles. The third kappa shape index (κ3) is 3.79. The van der Waals surface area contributed by atoms with Crippen LogP contribution in [0.25, 0.3) is 5.69 Å². The van der Waals surface area contributed by atoms with Crippen molar-refractivity contribution < 1.29 is 9.59 Å². The standard InChI is InChI=1S/C23H28N2O3/c1-6-15(3)24-21(27)20-17-11-23(4,5)12-19(26)18(17)13-25(22(20)28)16-9-7-14(2)8-10-16/h7-10,13,15H,6,11-12H2,1-5H3,(H,24,27)/t15-/m0/s1. The molecule has 1 aliphatic rings. The van der Waals surface area contributed by atoms with Crippen molar-refractivity contribution in [3.8, 4) is 5.69 Å². The van der Waals surface area contributed by atoms with Gasteiger partial charge in [-0.05, 0) is 49.8 Å². The molecule has 0 aliphatic heterocycles. The van der Waals surface area contributed by atoms with E-state index in [0.717, 1.165) is 12.0 Å². The van der Waals surface area contributed by atoms with Crippen LogP contribution < -0.4 is 10.9 Å². The Morgan fingerprint density at radius 2 is 1.82 bits per heavy atom. The number of carbonyl (C=O) groups excluding carboxylic acids is 2. The SMILES string of the molecule is CC[C@H](C)NC(=O)c1c2c(cn(-c3ccc(C)cc3)c1=O)C(=O)CC(C)(C)C2. The Morgan fingerprint density at radius 1 is 1.18 bits per heavy atom. The molecule has 1 aliphatic carbocycles. The summed E-state index contributed by atoms with van der Waals surface area (Å²) in [4.78, 5) is 39.2. The summed E-state index contributed by atoms with van der Waals surface area (Å²) in [7, 11) is 0. The first-order valence-electron chi connectivity index (χ1n) is 9.82. The third-order valence-corrected chi connectivity index (χ3v) is 5.44. The van der Waals surface area contributed by atoms with Gasteiger partial charge in [-0.3, -0.25) is 19.0 Å². The predicted octanol–water partition coefficient (Wildman–Crippen LogP) is 3.83. The van der Waals surface area contributed by atoms with Crippen LogP contribution >= 0.6 is 0 Å². The molecule has 1 amide bonds. The number of amides is 1. The number of hydrogen-bond acceptors (Lipinski definition) is 3. The number of carbonyl (C=O) groups is 2. The number of aromatic nitrogens is 1. The summed E-state index contributed by atoms with van der Waals surface area (Å²) in [6.07, 6.45) is 3.30. The zero-order valence-corrected chi connectivity index (χ0v) is 17.3. The normalized spacial score (nSPS) is 16.4. The number of benzene rings is 1. The first kappa shape index (κ1) is 20.1. The number of fused-ring (bicyclic) bond motifs is 1. The zero-order valence-electron chi connectivity index (χ0n) is 17.3. The number of aryl methyl sites for hydroxylation is 1. The minimum Gasteiger partial charge on any atom is -0.349 e. The van der Waals surface area contributed by atoms with Gasteiger partial charge in [0.25, 0.3) is 11.5 Å². The fraction of sp³-hybridized carbons (Fsp3) is 0.435. The zero-order chi connectivity index (χ0) is 20.6. The first-order chi connectivity index (χ1) is 13.1. The van der Waals surface area contributed by atoms with Crippen LogP contribution in [0.3, 0.4) is 0 Å². The second kappa shape index (κ2) is 7.38. The summed E-state index contributed by atoms with van der Waals surface area (Å²) >= 11 is 0. The monoisotopic (exact) mass is 380 g/mol. The highest BCUT2D eigenvalue weighted by molar-refractivity contribution is 6.04. The smallest absolute Gasteiger partial charge is 0.268 e. The molecule has 1 aromatic carbocycles. The molecule has 148 valence electrons. The maximum atomic E-state index is 13.3. The highest BCUT2D eigenvalue weighted by Gasteiger charge is 2.36. The van der Waals surface area contributed by atoms with Crippen molar-refractivity contribution in [2.75, 3.05) is 0 Å². The molecule has 1 N–H and O–H groups in total. The first-order valence-corrected chi connectivity index (χ1v) is 9.82. The molecule has 3 rings (SSSR count). The lowest BCUT2D eigenvalue weighted by Gasteiger charge is -2.31. The maximum Gasteiger partial charge on any atom is 0.268 e. The summed E-state index contributed by atoms with van der Waals surface area (Å²) in [5.74, 6) is -0.424. The Bertz CT molecular complexity index is 984. The van der Waals surface area contributed by atoms with Gasteiger partial charge in [-0.2, -0.15) is 0 Å². The molecule has 0 bridgehead atoms. The molecular weight excluding hydrogens is 352 g/mol. The third-order valence-electron chi connectivity index (χ3n) is 5.44. The molecule has 5 nitrogen and oxygen atoms in total. The van der Waals surface area contributed by atoms with E-state index in [1.54, 1.807) is 6.20 Å². The van der Waals surface area contributed by atoms with Crippen molar-refractivity contribution in [1.82, 2.24) is 9.88 Å². The molecule has 1 atom stereocenters. The average Bonchev–Trinajstić information content (AvgIpc) is 2.61. The lowest BCUT2D eigenvalue weighted by molar-refractivity contribution is 0.0908. The van der Waals surface area contributed by atoms with E-state index in [-0.39, 0.29) is 28.4 Å². The van der Waals surface area contributed by atoms with Crippen LogP contribution in [0.5, 0.6) is 0 Å². The Morgan fingerprint density at radius 3 is 2.43 bits per heavy atom. The van der Waals surface area contributed by atoms with Crippen LogP contribution in [0.1, 0.15) is 72.4 Å². The Hall–Kier alpha value is -2.69. The number of hydrogen-bond donors (Lipinski definition) is 1. The number of nitrogens with zero attached hydrogens (tertiary/aromatic N) is 1. The van der Waals surface area contributed by atoms with Gasteiger partial charge in [0.15, 0.2) is 5.78 Å². The van der Waals surface area contributed by atoms with Crippen molar-refractivity contribution >= 4 is 11.7 Å². The number of rotatable bonds is 4. The molecule has 0 fully saturated rings.